The van der Waals surface area contributed by atoms with Crippen molar-refractivity contribution < 1.29 is 13.9 Å². The van der Waals surface area contributed by atoms with Crippen LogP contribution in [0.5, 0.6) is 0 Å². The minimum Gasteiger partial charge on any atom is -0.381 e. The lowest BCUT2D eigenvalue weighted by atomic mass is 10.0. The lowest BCUT2D eigenvalue weighted by Crippen LogP contribution is -2.35. The predicted octanol–water partition coefficient (Wildman–Crippen LogP) is 1.76. The van der Waals surface area contributed by atoms with Crippen LogP contribution in [-0.4, -0.2) is 49.6 Å². The summed E-state index contributed by atoms with van der Waals surface area (Å²) in [4.78, 5) is 17.9. The van der Waals surface area contributed by atoms with Crippen LogP contribution < -0.4 is 5.32 Å². The third kappa shape index (κ3) is 3.45. The minimum absolute atomic E-state index is 0.230. The molecule has 1 unspecified atom stereocenters. The van der Waals surface area contributed by atoms with E-state index in [0.29, 0.717) is 24.9 Å². The highest BCUT2D eigenvalue weighted by Gasteiger charge is 2.22. The number of halogens is 1. The van der Waals surface area contributed by atoms with Gasteiger partial charge in [-0.25, -0.2) is 9.37 Å². The molecule has 20 heavy (non-hydrogen) atoms. The summed E-state index contributed by atoms with van der Waals surface area (Å²) in [5.41, 5.74) is 0.256. The zero-order valence-electron chi connectivity index (χ0n) is 11.9. The molecule has 0 saturated carbocycles. The van der Waals surface area contributed by atoms with Crippen LogP contribution in [0.4, 0.5) is 10.2 Å². The molecule has 1 aromatic rings. The van der Waals surface area contributed by atoms with E-state index in [9.17, 15) is 9.18 Å². The smallest absolute Gasteiger partial charge is 0.257 e. The van der Waals surface area contributed by atoms with E-state index in [1.165, 1.54) is 6.07 Å². The number of hydrogen-bond acceptors (Lipinski definition) is 4. The van der Waals surface area contributed by atoms with Crippen LogP contribution in [-0.2, 0) is 4.74 Å². The molecule has 0 aromatic carbocycles. The fraction of sp³-hybridized carbons (Fsp3) is 0.571. The van der Waals surface area contributed by atoms with Crippen molar-refractivity contribution in [1.82, 2.24) is 9.88 Å². The molecule has 0 aliphatic carbocycles. The summed E-state index contributed by atoms with van der Waals surface area (Å²) in [7, 11) is 3.38. The number of anilines is 1. The van der Waals surface area contributed by atoms with E-state index in [1.807, 2.05) is 0 Å². The number of hydrogen-bond donors (Lipinski definition) is 1. The van der Waals surface area contributed by atoms with Crippen LogP contribution in [0.15, 0.2) is 12.3 Å². The second-order valence-electron chi connectivity index (χ2n) is 5.07. The molecule has 1 aromatic heterocycles. The highest BCUT2D eigenvalue weighted by atomic mass is 19.1. The van der Waals surface area contributed by atoms with Crippen molar-refractivity contribution >= 4 is 11.7 Å². The topological polar surface area (TPSA) is 54.5 Å². The molecule has 110 valence electrons. The molecule has 1 N–H and O–H groups in total. The third-order valence-corrected chi connectivity index (χ3v) is 3.45. The summed E-state index contributed by atoms with van der Waals surface area (Å²) in [5, 5.41) is 2.81. The second kappa shape index (κ2) is 6.65. The van der Waals surface area contributed by atoms with Gasteiger partial charge in [-0.3, -0.25) is 4.79 Å². The first-order valence-corrected chi connectivity index (χ1v) is 6.78. The molecule has 2 rings (SSSR count). The minimum atomic E-state index is -0.512. The van der Waals surface area contributed by atoms with Crippen molar-refractivity contribution in [3.8, 4) is 0 Å². The van der Waals surface area contributed by atoms with Gasteiger partial charge in [-0.15, -0.1) is 0 Å². The first-order chi connectivity index (χ1) is 9.61. The van der Waals surface area contributed by atoms with Crippen LogP contribution >= 0.6 is 0 Å². The van der Waals surface area contributed by atoms with Gasteiger partial charge in [-0.1, -0.05) is 0 Å². The Kier molecular flexibility index (Phi) is 4.89. The average molecular weight is 281 g/mol. The summed E-state index contributed by atoms with van der Waals surface area (Å²) in [6.07, 6.45) is 3.17. The zero-order chi connectivity index (χ0) is 14.5. The fourth-order valence-electron chi connectivity index (χ4n) is 2.43. The van der Waals surface area contributed by atoms with Gasteiger partial charge in [-0.05, 0) is 24.8 Å². The average Bonchev–Trinajstić information content (AvgIpc) is 2.47. The number of ether oxygens (including phenoxy) is 1. The first-order valence-electron chi connectivity index (χ1n) is 6.78. The number of aromatic nitrogens is 1. The fourth-order valence-corrected chi connectivity index (χ4v) is 2.43. The number of carbonyl (C=O) groups excluding carboxylic acids is 1. The van der Waals surface area contributed by atoms with Gasteiger partial charge in [-0.2, -0.15) is 0 Å². The molecular formula is C14H20FN3O2. The molecule has 1 saturated heterocycles. The van der Waals surface area contributed by atoms with Crippen LogP contribution in [0.2, 0.25) is 0 Å². The Bertz CT molecular complexity index is 475. The van der Waals surface area contributed by atoms with E-state index in [0.717, 1.165) is 25.6 Å². The Labute approximate surface area is 118 Å². The number of nitrogens with zero attached hydrogens (tertiary/aromatic N) is 2. The monoisotopic (exact) mass is 281 g/mol. The predicted molar refractivity (Wildman–Crippen MR) is 74.2 cm³/mol. The lowest BCUT2D eigenvalue weighted by Gasteiger charge is -2.27. The number of carbonyl (C=O) groups is 1. The largest absolute Gasteiger partial charge is 0.381 e. The van der Waals surface area contributed by atoms with Crippen molar-refractivity contribution in [2.24, 2.45) is 5.92 Å². The van der Waals surface area contributed by atoms with E-state index >= 15 is 0 Å². The van der Waals surface area contributed by atoms with Gasteiger partial charge in [0.15, 0.2) is 0 Å². The molecule has 1 fully saturated rings. The number of nitrogens with one attached hydrogen (secondary N) is 1. The first kappa shape index (κ1) is 14.7. The Hall–Kier alpha value is -1.69. The number of rotatable bonds is 4. The molecule has 0 bridgehead atoms. The number of amides is 1. The molecule has 1 aliphatic heterocycles. The van der Waals surface area contributed by atoms with Crippen LogP contribution in [0.25, 0.3) is 0 Å². The van der Waals surface area contributed by atoms with Crippen LogP contribution in [0, 0.1) is 11.7 Å². The zero-order valence-corrected chi connectivity index (χ0v) is 11.9. The van der Waals surface area contributed by atoms with E-state index < -0.39 is 5.82 Å². The Morgan fingerprint density at radius 3 is 3.10 bits per heavy atom. The molecule has 1 aliphatic rings. The van der Waals surface area contributed by atoms with Gasteiger partial charge in [0.2, 0.25) is 0 Å². The molecule has 1 amide bonds. The highest BCUT2D eigenvalue weighted by molar-refractivity contribution is 5.98. The van der Waals surface area contributed by atoms with Crippen molar-refractivity contribution in [2.45, 2.75) is 12.8 Å². The van der Waals surface area contributed by atoms with Gasteiger partial charge < -0.3 is 15.0 Å². The van der Waals surface area contributed by atoms with Gasteiger partial charge >= 0.3 is 0 Å². The highest BCUT2D eigenvalue weighted by Crippen LogP contribution is 2.18. The molecule has 0 radical (unpaired) electrons. The molecular weight excluding hydrogens is 261 g/mol. The third-order valence-electron chi connectivity index (χ3n) is 3.45. The van der Waals surface area contributed by atoms with Gasteiger partial charge in [0, 0.05) is 27.2 Å². The molecule has 0 spiro atoms. The Morgan fingerprint density at radius 1 is 1.65 bits per heavy atom. The van der Waals surface area contributed by atoms with Crippen LogP contribution in [0.1, 0.15) is 23.2 Å². The van der Waals surface area contributed by atoms with E-state index in [1.54, 1.807) is 19.0 Å². The maximum absolute atomic E-state index is 13.3. The maximum atomic E-state index is 13.3. The second-order valence-corrected chi connectivity index (χ2v) is 5.07. The van der Waals surface area contributed by atoms with Crippen molar-refractivity contribution in [1.29, 1.82) is 0 Å². The van der Waals surface area contributed by atoms with Crippen molar-refractivity contribution in [3.63, 3.8) is 0 Å². The van der Waals surface area contributed by atoms with Crippen molar-refractivity contribution in [2.75, 3.05) is 39.2 Å². The lowest BCUT2D eigenvalue weighted by molar-refractivity contribution is 0.0388. The molecule has 5 nitrogen and oxygen atoms in total. The molecule has 6 heteroatoms. The quantitative estimate of drug-likeness (QED) is 0.913. The van der Waals surface area contributed by atoms with Gasteiger partial charge in [0.25, 0.3) is 5.91 Å². The van der Waals surface area contributed by atoms with E-state index in [-0.39, 0.29) is 11.5 Å². The maximum Gasteiger partial charge on any atom is 0.257 e. The van der Waals surface area contributed by atoms with Crippen molar-refractivity contribution in [3.05, 3.63) is 23.6 Å². The standard InChI is InChI=1S/C14H20FN3O2/c1-16-13-12(6-11(15)7-17-13)14(19)18(2)8-10-4-3-5-20-9-10/h6-7,10H,3-5,8-9H2,1-2H3,(H,16,17). The van der Waals surface area contributed by atoms with Crippen LogP contribution in [0.3, 0.4) is 0 Å². The van der Waals surface area contributed by atoms with Gasteiger partial charge in [0.1, 0.15) is 11.6 Å². The summed E-state index contributed by atoms with van der Waals surface area (Å²) in [6, 6.07) is 1.22. The molecule has 1 atom stereocenters. The molecule has 2 heterocycles. The SMILES string of the molecule is CNc1ncc(F)cc1C(=O)N(C)CC1CCCOC1. The van der Waals surface area contributed by atoms with E-state index in [4.69, 9.17) is 4.74 Å². The summed E-state index contributed by atoms with van der Waals surface area (Å²) in [5.74, 6) is -0.00549. The summed E-state index contributed by atoms with van der Waals surface area (Å²) in [6.45, 7) is 2.09. The summed E-state index contributed by atoms with van der Waals surface area (Å²) < 4.78 is 18.7. The van der Waals surface area contributed by atoms with Gasteiger partial charge in [0.05, 0.1) is 18.4 Å². The Morgan fingerprint density at radius 2 is 2.45 bits per heavy atom. The number of pyridine rings is 1. The van der Waals surface area contributed by atoms with E-state index in [2.05, 4.69) is 10.3 Å². The Balaban J connectivity index is 2.07. The summed E-state index contributed by atoms with van der Waals surface area (Å²) >= 11 is 0. The normalized spacial score (nSPS) is 18.6.